The molecule has 0 saturated carbocycles. The minimum atomic E-state index is -3.96. The van der Waals surface area contributed by atoms with Crippen molar-refractivity contribution in [2.45, 2.75) is 43.7 Å². The van der Waals surface area contributed by atoms with Gasteiger partial charge in [-0.05, 0) is 68.7 Å². The Balaban J connectivity index is 1.58. The van der Waals surface area contributed by atoms with Crippen molar-refractivity contribution in [1.29, 1.82) is 0 Å². The fourth-order valence-electron chi connectivity index (χ4n) is 3.76. The van der Waals surface area contributed by atoms with Crippen LogP contribution in [0.5, 0.6) is 5.75 Å². The predicted molar refractivity (Wildman–Crippen MR) is 117 cm³/mol. The number of rotatable bonds is 4. The zero-order chi connectivity index (χ0) is 22.3. The molecule has 2 aliphatic heterocycles. The number of carbonyl (C=O) groups excluding carboxylic acids is 2. The van der Waals surface area contributed by atoms with Crippen LogP contribution < -0.4 is 15.4 Å². The van der Waals surface area contributed by atoms with E-state index in [0.29, 0.717) is 35.0 Å². The smallest absolute Gasteiger partial charge is 0.265 e. The first-order valence-corrected chi connectivity index (χ1v) is 11.7. The average Bonchev–Trinajstić information content (AvgIpc) is 3.21. The Kier molecular flexibility index (Phi) is 5.67. The van der Waals surface area contributed by atoms with Gasteiger partial charge in [-0.25, -0.2) is 8.42 Å². The molecular formula is C21H22ClN3O5S. The molecule has 2 N–H and O–H groups in total. The number of hydrogen-bond donors (Lipinski definition) is 2. The van der Waals surface area contributed by atoms with Gasteiger partial charge >= 0.3 is 0 Å². The molecule has 4 rings (SSSR count). The SMILES string of the molecule is Cc1cc(Cl)ccc1NC(=O)C1CCCN1S(=O)(=O)c1ccc2c(c1)NC(=O)C(C)O2. The second kappa shape index (κ2) is 8.14. The highest BCUT2D eigenvalue weighted by molar-refractivity contribution is 7.89. The quantitative estimate of drug-likeness (QED) is 0.724. The van der Waals surface area contributed by atoms with E-state index in [0.717, 1.165) is 5.56 Å². The zero-order valence-corrected chi connectivity index (χ0v) is 18.6. The van der Waals surface area contributed by atoms with Gasteiger partial charge in [-0.1, -0.05) is 11.6 Å². The maximum absolute atomic E-state index is 13.3. The Morgan fingerprint density at radius 3 is 2.77 bits per heavy atom. The topological polar surface area (TPSA) is 105 Å². The zero-order valence-electron chi connectivity index (χ0n) is 17.0. The summed E-state index contributed by atoms with van der Waals surface area (Å²) in [5.41, 5.74) is 1.66. The summed E-state index contributed by atoms with van der Waals surface area (Å²) in [6.45, 7) is 3.66. The van der Waals surface area contributed by atoms with Gasteiger partial charge in [0.15, 0.2) is 6.10 Å². The second-order valence-electron chi connectivity index (χ2n) is 7.63. The number of amides is 2. The molecule has 2 atom stereocenters. The Labute approximate surface area is 185 Å². The molecule has 2 heterocycles. The highest BCUT2D eigenvalue weighted by Gasteiger charge is 2.40. The third kappa shape index (κ3) is 4.13. The number of halogens is 1. The predicted octanol–water partition coefficient (Wildman–Crippen LogP) is 3.16. The normalized spacial score (nSPS) is 21.2. The number of fused-ring (bicyclic) bond motifs is 1. The number of hydrogen-bond acceptors (Lipinski definition) is 5. The molecule has 2 aromatic rings. The van der Waals surface area contributed by atoms with Crippen LogP contribution in [0.15, 0.2) is 41.3 Å². The Morgan fingerprint density at radius 1 is 1.26 bits per heavy atom. The number of carbonyl (C=O) groups is 2. The van der Waals surface area contributed by atoms with Crippen LogP contribution in [-0.4, -0.2) is 43.2 Å². The van der Waals surface area contributed by atoms with Crippen LogP contribution in [-0.2, 0) is 19.6 Å². The van der Waals surface area contributed by atoms with Gasteiger partial charge in [-0.15, -0.1) is 0 Å². The van der Waals surface area contributed by atoms with Gasteiger partial charge < -0.3 is 15.4 Å². The van der Waals surface area contributed by atoms with Crippen LogP contribution in [0.3, 0.4) is 0 Å². The molecule has 8 nitrogen and oxygen atoms in total. The van der Waals surface area contributed by atoms with E-state index in [1.54, 1.807) is 25.1 Å². The van der Waals surface area contributed by atoms with Gasteiger partial charge in [0.25, 0.3) is 5.91 Å². The summed E-state index contributed by atoms with van der Waals surface area (Å²) in [6.07, 6.45) is 0.331. The molecule has 31 heavy (non-hydrogen) atoms. The molecular weight excluding hydrogens is 442 g/mol. The molecule has 2 unspecified atom stereocenters. The molecule has 0 spiro atoms. The first kappa shape index (κ1) is 21.6. The summed E-state index contributed by atoms with van der Waals surface area (Å²) in [5.74, 6) is -0.339. The molecule has 2 amide bonds. The van der Waals surface area contributed by atoms with Gasteiger partial charge in [0.2, 0.25) is 15.9 Å². The van der Waals surface area contributed by atoms with Crippen molar-refractivity contribution in [3.63, 3.8) is 0 Å². The number of anilines is 2. The van der Waals surface area contributed by atoms with E-state index in [-0.39, 0.29) is 17.3 Å². The lowest BCUT2D eigenvalue weighted by atomic mass is 10.1. The lowest BCUT2D eigenvalue weighted by Crippen LogP contribution is -2.43. The lowest BCUT2D eigenvalue weighted by molar-refractivity contribution is -0.122. The fourth-order valence-corrected chi connectivity index (χ4v) is 5.67. The molecule has 2 aliphatic rings. The summed E-state index contributed by atoms with van der Waals surface area (Å²) in [4.78, 5) is 24.8. The molecule has 10 heteroatoms. The van der Waals surface area contributed by atoms with Gasteiger partial charge in [0.05, 0.1) is 10.6 Å². The van der Waals surface area contributed by atoms with E-state index < -0.39 is 28.1 Å². The molecule has 0 radical (unpaired) electrons. The highest BCUT2D eigenvalue weighted by atomic mass is 35.5. The third-order valence-corrected chi connectivity index (χ3v) is 7.58. The second-order valence-corrected chi connectivity index (χ2v) is 9.96. The van der Waals surface area contributed by atoms with Crippen LogP contribution in [0.25, 0.3) is 0 Å². The summed E-state index contributed by atoms with van der Waals surface area (Å²) >= 11 is 5.96. The van der Waals surface area contributed by atoms with E-state index in [1.807, 2.05) is 6.92 Å². The summed E-state index contributed by atoms with van der Waals surface area (Å²) < 4.78 is 33.3. The van der Waals surface area contributed by atoms with Crippen molar-refractivity contribution >= 4 is 44.8 Å². The lowest BCUT2D eigenvalue weighted by Gasteiger charge is -2.26. The van der Waals surface area contributed by atoms with Crippen molar-refractivity contribution in [3.8, 4) is 5.75 Å². The van der Waals surface area contributed by atoms with Crippen molar-refractivity contribution in [1.82, 2.24) is 4.31 Å². The number of sulfonamides is 1. The van der Waals surface area contributed by atoms with Gasteiger partial charge in [0.1, 0.15) is 11.8 Å². The Bertz CT molecular complexity index is 1170. The van der Waals surface area contributed by atoms with Gasteiger partial charge in [-0.3, -0.25) is 9.59 Å². The fraction of sp³-hybridized carbons (Fsp3) is 0.333. The first-order valence-electron chi connectivity index (χ1n) is 9.87. The molecule has 164 valence electrons. The van der Waals surface area contributed by atoms with Gasteiger partial charge in [-0.2, -0.15) is 4.31 Å². The summed E-state index contributed by atoms with van der Waals surface area (Å²) in [7, 11) is -3.96. The largest absolute Gasteiger partial charge is 0.479 e. The molecule has 2 aromatic carbocycles. The number of nitrogens with one attached hydrogen (secondary N) is 2. The molecule has 1 saturated heterocycles. The van der Waals surface area contributed by atoms with Crippen molar-refractivity contribution < 1.29 is 22.7 Å². The van der Waals surface area contributed by atoms with Crippen molar-refractivity contribution in [3.05, 3.63) is 47.0 Å². The van der Waals surface area contributed by atoms with Crippen molar-refractivity contribution in [2.24, 2.45) is 0 Å². The van der Waals surface area contributed by atoms with Crippen LogP contribution in [0.4, 0.5) is 11.4 Å². The number of nitrogens with zero attached hydrogens (tertiary/aromatic N) is 1. The molecule has 0 aliphatic carbocycles. The van der Waals surface area contributed by atoms with Crippen LogP contribution >= 0.6 is 11.6 Å². The van der Waals surface area contributed by atoms with E-state index in [4.69, 9.17) is 16.3 Å². The molecule has 0 aromatic heterocycles. The average molecular weight is 464 g/mol. The minimum absolute atomic E-state index is 0.00734. The van der Waals surface area contributed by atoms with Crippen molar-refractivity contribution in [2.75, 3.05) is 17.2 Å². The standard InChI is InChI=1S/C21H22ClN3O5S/c1-12-10-14(22)5-7-16(12)23-21(27)18-4-3-9-25(18)31(28,29)15-6-8-19-17(11-15)24-20(26)13(2)30-19/h5-8,10-11,13,18H,3-4,9H2,1-2H3,(H,23,27)(H,24,26). The Hall–Kier alpha value is -2.62. The van der Waals surface area contributed by atoms with Crippen LogP contribution in [0, 0.1) is 6.92 Å². The summed E-state index contributed by atoms with van der Waals surface area (Å²) in [6, 6.07) is 8.56. The third-order valence-electron chi connectivity index (χ3n) is 5.44. The van der Waals surface area contributed by atoms with Crippen LogP contribution in [0.1, 0.15) is 25.3 Å². The maximum atomic E-state index is 13.3. The molecule has 0 bridgehead atoms. The van der Waals surface area contributed by atoms with E-state index in [9.17, 15) is 18.0 Å². The number of benzene rings is 2. The molecule has 1 fully saturated rings. The van der Waals surface area contributed by atoms with E-state index >= 15 is 0 Å². The monoisotopic (exact) mass is 463 g/mol. The first-order chi connectivity index (χ1) is 14.7. The highest BCUT2D eigenvalue weighted by Crippen LogP contribution is 2.34. The maximum Gasteiger partial charge on any atom is 0.265 e. The number of aryl methyl sites for hydroxylation is 1. The summed E-state index contributed by atoms with van der Waals surface area (Å²) in [5, 5.41) is 6.02. The van der Waals surface area contributed by atoms with Gasteiger partial charge in [0, 0.05) is 17.3 Å². The van der Waals surface area contributed by atoms with Crippen LogP contribution in [0.2, 0.25) is 5.02 Å². The number of ether oxygens (including phenoxy) is 1. The Morgan fingerprint density at radius 2 is 2.03 bits per heavy atom. The minimum Gasteiger partial charge on any atom is -0.479 e. The van der Waals surface area contributed by atoms with E-state index in [1.165, 1.54) is 22.5 Å². The van der Waals surface area contributed by atoms with E-state index in [2.05, 4.69) is 10.6 Å².